The van der Waals surface area contributed by atoms with Gasteiger partial charge in [0.05, 0.1) is 12.9 Å². The number of phosphoric ester groups is 1. The van der Waals surface area contributed by atoms with Gasteiger partial charge in [-0.25, -0.2) is 28.6 Å². The summed E-state index contributed by atoms with van der Waals surface area (Å²) in [5.74, 6) is 0.0426. The van der Waals surface area contributed by atoms with Crippen molar-refractivity contribution in [3.8, 4) is 0 Å². The summed E-state index contributed by atoms with van der Waals surface area (Å²) in [5, 5.41) is 20.4. The summed E-state index contributed by atoms with van der Waals surface area (Å²) in [6.07, 6.45) is -3.69. The minimum absolute atomic E-state index is 0.0426. The van der Waals surface area contributed by atoms with E-state index in [9.17, 15) is 28.8 Å². The highest BCUT2D eigenvalue weighted by molar-refractivity contribution is 7.66. The fourth-order valence-electron chi connectivity index (χ4n) is 2.62. The van der Waals surface area contributed by atoms with E-state index in [2.05, 4.69) is 28.1 Å². The fraction of sp³-hybridized carbons (Fsp3) is 0.500. The van der Waals surface area contributed by atoms with Gasteiger partial charge >= 0.3 is 23.5 Å². The Labute approximate surface area is 171 Å². The van der Waals surface area contributed by atoms with E-state index in [1.54, 1.807) is 0 Å². The van der Waals surface area contributed by atoms with Crippen molar-refractivity contribution in [2.75, 3.05) is 12.3 Å². The minimum atomic E-state index is -5.70. The van der Waals surface area contributed by atoms with Crippen molar-refractivity contribution in [1.29, 1.82) is 0 Å². The summed E-state index contributed by atoms with van der Waals surface area (Å²) in [4.78, 5) is 47.2. The fourth-order valence-corrected chi connectivity index (χ4v) is 5.65. The van der Waals surface area contributed by atoms with Crippen LogP contribution in [0.2, 0.25) is 0 Å². The summed E-state index contributed by atoms with van der Waals surface area (Å²) < 4.78 is 51.9. The Morgan fingerprint density at radius 2 is 1.71 bits per heavy atom. The van der Waals surface area contributed by atoms with E-state index >= 15 is 0 Å². The van der Waals surface area contributed by atoms with Gasteiger partial charge in [-0.05, 0) is 0 Å². The lowest BCUT2D eigenvalue weighted by Crippen LogP contribution is -2.33. The number of aromatic nitrogens is 4. The molecule has 2 aromatic rings. The lowest BCUT2D eigenvalue weighted by molar-refractivity contribution is -0.0503. The molecular weight excluding hydrogens is 491 g/mol. The summed E-state index contributed by atoms with van der Waals surface area (Å²) in [5.41, 5.74) is 6.00. The van der Waals surface area contributed by atoms with Crippen molar-refractivity contribution in [3.63, 3.8) is 0 Å². The first-order chi connectivity index (χ1) is 14.2. The van der Waals surface area contributed by atoms with Crippen molar-refractivity contribution < 1.29 is 61.4 Å². The molecule has 0 saturated carbocycles. The van der Waals surface area contributed by atoms with Crippen LogP contribution < -0.4 is 5.73 Å². The second kappa shape index (κ2) is 8.53. The third-order valence-electron chi connectivity index (χ3n) is 3.82. The molecule has 0 radical (unpaired) electrons. The zero-order valence-electron chi connectivity index (χ0n) is 14.9. The maximum absolute atomic E-state index is 11.8. The van der Waals surface area contributed by atoms with E-state index in [4.69, 9.17) is 25.2 Å². The van der Waals surface area contributed by atoms with Crippen molar-refractivity contribution in [3.05, 3.63) is 12.7 Å². The molecule has 5 unspecified atom stereocenters. The molecule has 1 aliphatic heterocycles. The first-order valence-electron chi connectivity index (χ1n) is 7.92. The second-order valence-electron chi connectivity index (χ2n) is 6.02. The van der Waals surface area contributed by atoms with Crippen LogP contribution in [0.4, 0.5) is 5.82 Å². The van der Waals surface area contributed by atoms with Gasteiger partial charge in [0.25, 0.3) is 0 Å². The Kier molecular flexibility index (Phi) is 6.68. The molecule has 31 heavy (non-hydrogen) atoms. The van der Waals surface area contributed by atoms with E-state index in [-0.39, 0.29) is 17.0 Å². The van der Waals surface area contributed by atoms with E-state index in [1.807, 2.05) is 0 Å². The van der Waals surface area contributed by atoms with E-state index in [0.29, 0.717) is 0 Å². The van der Waals surface area contributed by atoms with Crippen molar-refractivity contribution in [2.24, 2.45) is 0 Å². The number of nitrogens with zero attached hydrogens (tertiary/aromatic N) is 4. The number of aliphatic hydroxyl groups excluding tert-OH is 2. The molecule has 0 bridgehead atoms. The third-order valence-corrected chi connectivity index (χ3v) is 7.62. The zero-order chi connectivity index (χ0) is 23.2. The van der Waals surface area contributed by atoms with Crippen molar-refractivity contribution in [2.45, 2.75) is 24.5 Å². The summed E-state index contributed by atoms with van der Waals surface area (Å²) in [6, 6.07) is 0. The van der Waals surface area contributed by atoms with E-state index in [0.717, 1.165) is 6.33 Å². The number of hydrogen-bond acceptors (Lipinski definition) is 13. The highest BCUT2D eigenvalue weighted by atomic mass is 31.3. The van der Waals surface area contributed by atoms with Crippen LogP contribution >= 0.6 is 23.5 Å². The standard InChI is InChI=1S/C10H16N5O13P3/c11-8-5-9(13-2-12-8)15(3-14-5)10-7(17)6(16)4(26-10)1-25-30(21,22)28-31(23,24)27-29(18,19)20/h2-4,6-7,10,16-17H,1H2,(H,21,22)(H,23,24)(H2,11,12,13)(H2,18,19,20)/t4?,6?,7-,10?/m0/s1. The van der Waals surface area contributed by atoms with E-state index < -0.39 is 54.6 Å². The highest BCUT2D eigenvalue weighted by Crippen LogP contribution is 2.66. The van der Waals surface area contributed by atoms with Crippen molar-refractivity contribution >= 4 is 40.4 Å². The van der Waals surface area contributed by atoms with Crippen LogP contribution in [-0.2, 0) is 31.6 Å². The quantitative estimate of drug-likeness (QED) is 0.197. The van der Waals surface area contributed by atoms with Gasteiger partial charge in [-0.15, -0.1) is 0 Å². The second-order valence-corrected chi connectivity index (χ2v) is 10.4. The van der Waals surface area contributed by atoms with Gasteiger partial charge in [-0.1, -0.05) is 0 Å². The number of nitrogen functional groups attached to an aromatic ring is 1. The number of anilines is 1. The largest absolute Gasteiger partial charge is 0.490 e. The van der Waals surface area contributed by atoms with Gasteiger partial charge in [0.2, 0.25) is 0 Å². The Bertz CT molecular complexity index is 1100. The molecule has 8 N–H and O–H groups in total. The Morgan fingerprint density at radius 1 is 1.03 bits per heavy atom. The molecule has 1 fully saturated rings. The van der Waals surface area contributed by atoms with Crippen LogP contribution in [0.3, 0.4) is 0 Å². The van der Waals surface area contributed by atoms with Gasteiger partial charge in [-0.3, -0.25) is 9.09 Å². The molecule has 1 aliphatic rings. The molecule has 1 saturated heterocycles. The zero-order valence-corrected chi connectivity index (χ0v) is 17.6. The summed E-state index contributed by atoms with van der Waals surface area (Å²) in [7, 11) is -16.7. The molecule has 21 heteroatoms. The topological polar surface area (TPSA) is 279 Å². The number of phosphoric acid groups is 3. The average Bonchev–Trinajstić information content (AvgIpc) is 3.13. The molecule has 0 spiro atoms. The monoisotopic (exact) mass is 507 g/mol. The van der Waals surface area contributed by atoms with Crippen LogP contribution in [0.5, 0.6) is 0 Å². The van der Waals surface area contributed by atoms with Gasteiger partial charge in [-0.2, -0.15) is 8.62 Å². The van der Waals surface area contributed by atoms with Crippen LogP contribution in [0.15, 0.2) is 12.7 Å². The van der Waals surface area contributed by atoms with Gasteiger partial charge in [0.15, 0.2) is 17.7 Å². The molecule has 2 aromatic heterocycles. The lowest BCUT2D eigenvalue weighted by Gasteiger charge is -2.19. The predicted molar refractivity (Wildman–Crippen MR) is 95.5 cm³/mol. The molecule has 0 amide bonds. The summed E-state index contributed by atoms with van der Waals surface area (Å²) in [6.45, 7) is -0.956. The highest BCUT2D eigenvalue weighted by Gasteiger charge is 2.47. The number of ether oxygens (including phenoxy) is 1. The Morgan fingerprint density at radius 3 is 2.35 bits per heavy atom. The van der Waals surface area contributed by atoms with Crippen LogP contribution in [0, 0.1) is 0 Å². The van der Waals surface area contributed by atoms with Crippen LogP contribution in [0.25, 0.3) is 11.2 Å². The van der Waals surface area contributed by atoms with Gasteiger partial charge in [0.1, 0.15) is 30.2 Å². The summed E-state index contributed by atoms with van der Waals surface area (Å²) >= 11 is 0. The molecule has 0 aromatic carbocycles. The number of fused-ring (bicyclic) bond motifs is 1. The molecule has 0 aliphatic carbocycles. The first-order valence-corrected chi connectivity index (χ1v) is 12.4. The third kappa shape index (κ3) is 5.71. The van der Waals surface area contributed by atoms with Gasteiger partial charge < -0.3 is 40.3 Å². The normalized spacial score (nSPS) is 28.5. The molecular formula is C10H16N5O13P3. The molecule has 3 rings (SSSR count). The number of rotatable bonds is 8. The Hall–Kier alpha value is -1.36. The predicted octanol–water partition coefficient (Wildman–Crippen LogP) is -1.63. The van der Waals surface area contributed by atoms with Crippen molar-refractivity contribution in [1.82, 2.24) is 19.5 Å². The minimum Gasteiger partial charge on any atom is -0.387 e. The van der Waals surface area contributed by atoms with Crippen LogP contribution in [-0.4, -0.2) is 74.2 Å². The SMILES string of the molecule is Nc1ncnc2c1ncn2C1OC(COP(=O)(O)OP(=O)(O)OP(=O)(O)O)C(O)[C@@H]1O. The molecule has 3 heterocycles. The number of aliphatic hydroxyl groups is 2. The lowest BCUT2D eigenvalue weighted by atomic mass is 10.1. The Balaban J connectivity index is 1.69. The average molecular weight is 507 g/mol. The van der Waals surface area contributed by atoms with E-state index in [1.165, 1.54) is 10.9 Å². The molecule has 174 valence electrons. The molecule has 18 nitrogen and oxygen atoms in total. The van der Waals surface area contributed by atoms with Gasteiger partial charge in [0, 0.05) is 0 Å². The first kappa shape index (κ1) is 24.3. The maximum atomic E-state index is 11.8. The number of nitrogens with two attached hydrogens (primary N) is 1. The number of imidazole rings is 1. The van der Waals surface area contributed by atoms with Crippen LogP contribution in [0.1, 0.15) is 6.23 Å². The number of hydrogen-bond donors (Lipinski definition) is 7. The molecule has 6 atom stereocenters. The smallest absolute Gasteiger partial charge is 0.387 e. The maximum Gasteiger partial charge on any atom is 0.490 e.